The third kappa shape index (κ3) is 3.16. The molecule has 1 atom stereocenters. The summed E-state index contributed by atoms with van der Waals surface area (Å²) in [4.78, 5) is 23.9. The fourth-order valence-corrected chi connectivity index (χ4v) is 3.35. The Bertz CT molecular complexity index is 668. The highest BCUT2D eigenvalue weighted by Gasteiger charge is 2.22. The lowest BCUT2D eigenvalue weighted by molar-refractivity contribution is -0.122. The first-order valence-electron chi connectivity index (χ1n) is 7.05. The van der Waals surface area contributed by atoms with E-state index < -0.39 is 6.04 Å². The molecule has 2 heterocycles. The van der Waals surface area contributed by atoms with Crippen molar-refractivity contribution in [3.63, 3.8) is 0 Å². The largest absolute Gasteiger partial charge is 0.354 e. The van der Waals surface area contributed by atoms with Crippen LogP contribution in [0.1, 0.15) is 19.3 Å². The van der Waals surface area contributed by atoms with Gasteiger partial charge in [0, 0.05) is 6.54 Å². The lowest BCUT2D eigenvalue weighted by atomic mass is 10.1. The van der Waals surface area contributed by atoms with Crippen LogP contribution in [-0.2, 0) is 4.79 Å². The molecule has 21 heavy (non-hydrogen) atoms. The molecule has 3 amide bonds. The summed E-state index contributed by atoms with van der Waals surface area (Å²) < 4.78 is 1.04. The second-order valence-electron chi connectivity index (χ2n) is 5.08. The van der Waals surface area contributed by atoms with Crippen molar-refractivity contribution >= 4 is 39.0 Å². The number of anilines is 1. The number of urea groups is 1. The van der Waals surface area contributed by atoms with E-state index in [0.717, 1.165) is 28.6 Å². The fourth-order valence-electron chi connectivity index (χ4n) is 2.49. The van der Waals surface area contributed by atoms with Crippen LogP contribution in [-0.4, -0.2) is 24.5 Å². The molecule has 1 fully saturated rings. The third-order valence-electron chi connectivity index (χ3n) is 3.57. The van der Waals surface area contributed by atoms with Crippen molar-refractivity contribution in [3.05, 3.63) is 29.6 Å². The number of hydrogen-bond acceptors (Lipinski definition) is 3. The zero-order valence-electron chi connectivity index (χ0n) is 11.5. The molecule has 3 N–H and O–H groups in total. The van der Waals surface area contributed by atoms with Gasteiger partial charge in [0.05, 0.1) is 10.4 Å². The molecule has 5 nitrogen and oxygen atoms in total. The van der Waals surface area contributed by atoms with Gasteiger partial charge in [-0.05, 0) is 42.2 Å². The van der Waals surface area contributed by atoms with Crippen LogP contribution in [0.5, 0.6) is 0 Å². The number of carbonyl (C=O) groups excluding carboxylic acids is 2. The summed E-state index contributed by atoms with van der Waals surface area (Å²) in [5.41, 5.74) is 0.772. The monoisotopic (exact) mass is 303 g/mol. The van der Waals surface area contributed by atoms with E-state index in [-0.39, 0.29) is 11.9 Å². The van der Waals surface area contributed by atoms with Gasteiger partial charge in [-0.25, -0.2) is 4.79 Å². The lowest BCUT2D eigenvalue weighted by Crippen LogP contribution is -2.47. The number of hydrogen-bond donors (Lipinski definition) is 3. The summed E-state index contributed by atoms with van der Waals surface area (Å²) in [6, 6.07) is 7.01. The molecule has 1 aromatic carbocycles. The van der Waals surface area contributed by atoms with Crippen LogP contribution in [0.2, 0.25) is 0 Å². The molecule has 0 spiro atoms. The summed E-state index contributed by atoms with van der Waals surface area (Å²) in [6.07, 6.45) is 2.58. The van der Waals surface area contributed by atoms with Crippen LogP contribution in [0.4, 0.5) is 10.5 Å². The van der Waals surface area contributed by atoms with E-state index >= 15 is 0 Å². The molecule has 3 rings (SSSR count). The summed E-state index contributed by atoms with van der Waals surface area (Å²) in [6.45, 7) is 0.688. The third-order valence-corrected chi connectivity index (χ3v) is 4.53. The van der Waals surface area contributed by atoms with E-state index in [4.69, 9.17) is 0 Å². The number of fused-ring (bicyclic) bond motifs is 1. The minimum absolute atomic E-state index is 0.100. The summed E-state index contributed by atoms with van der Waals surface area (Å²) in [5, 5.41) is 11.5. The van der Waals surface area contributed by atoms with Gasteiger partial charge in [-0.3, -0.25) is 4.79 Å². The predicted octanol–water partition coefficient (Wildman–Crippen LogP) is 2.69. The highest BCUT2D eigenvalue weighted by molar-refractivity contribution is 7.17. The minimum atomic E-state index is -0.449. The molecule has 1 aliphatic heterocycles. The van der Waals surface area contributed by atoms with Gasteiger partial charge in [0.1, 0.15) is 6.04 Å². The summed E-state index contributed by atoms with van der Waals surface area (Å²) >= 11 is 1.58. The fraction of sp³-hybridized carbons (Fsp3) is 0.333. The SMILES string of the molecule is O=C(Nc1cccc2ccsc12)N[C@@H]1CCCCNC1=O. The Kier molecular flexibility index (Phi) is 4.06. The van der Waals surface area contributed by atoms with Gasteiger partial charge in [-0.2, -0.15) is 0 Å². The average Bonchev–Trinajstić information content (AvgIpc) is 2.86. The molecule has 1 aliphatic rings. The maximum atomic E-state index is 12.1. The van der Waals surface area contributed by atoms with Crippen LogP contribution in [0, 0.1) is 0 Å². The molecule has 2 aromatic rings. The Morgan fingerprint density at radius 3 is 3.10 bits per heavy atom. The van der Waals surface area contributed by atoms with Crippen molar-refractivity contribution in [1.82, 2.24) is 10.6 Å². The van der Waals surface area contributed by atoms with Gasteiger partial charge in [0.2, 0.25) is 5.91 Å². The van der Waals surface area contributed by atoms with Crippen LogP contribution in [0.15, 0.2) is 29.6 Å². The van der Waals surface area contributed by atoms with Crippen LogP contribution in [0.25, 0.3) is 10.1 Å². The molecular formula is C15H17N3O2S. The topological polar surface area (TPSA) is 70.2 Å². The predicted molar refractivity (Wildman–Crippen MR) is 84.6 cm³/mol. The Balaban J connectivity index is 1.68. The van der Waals surface area contributed by atoms with E-state index in [0.29, 0.717) is 13.0 Å². The van der Waals surface area contributed by atoms with Gasteiger partial charge in [-0.15, -0.1) is 11.3 Å². The summed E-state index contributed by atoms with van der Waals surface area (Å²) in [5.74, 6) is -0.100. The first-order chi connectivity index (χ1) is 10.2. The lowest BCUT2D eigenvalue weighted by Gasteiger charge is -2.16. The van der Waals surface area contributed by atoms with Crippen LogP contribution >= 0.6 is 11.3 Å². The Morgan fingerprint density at radius 1 is 1.29 bits per heavy atom. The molecule has 0 aliphatic carbocycles. The van der Waals surface area contributed by atoms with E-state index in [2.05, 4.69) is 16.0 Å². The van der Waals surface area contributed by atoms with Crippen molar-refractivity contribution in [1.29, 1.82) is 0 Å². The minimum Gasteiger partial charge on any atom is -0.354 e. The van der Waals surface area contributed by atoms with Crippen molar-refractivity contribution in [2.45, 2.75) is 25.3 Å². The summed E-state index contributed by atoms with van der Waals surface area (Å²) in [7, 11) is 0. The van der Waals surface area contributed by atoms with E-state index in [1.54, 1.807) is 11.3 Å². The van der Waals surface area contributed by atoms with Gasteiger partial charge in [-0.1, -0.05) is 12.1 Å². The zero-order valence-corrected chi connectivity index (χ0v) is 12.3. The molecular weight excluding hydrogens is 286 g/mol. The number of carbonyl (C=O) groups is 2. The Morgan fingerprint density at radius 2 is 2.19 bits per heavy atom. The van der Waals surface area contributed by atoms with E-state index in [1.165, 1.54) is 0 Å². The second kappa shape index (κ2) is 6.13. The number of benzene rings is 1. The van der Waals surface area contributed by atoms with Gasteiger partial charge < -0.3 is 16.0 Å². The van der Waals surface area contributed by atoms with Crippen molar-refractivity contribution in [2.24, 2.45) is 0 Å². The highest BCUT2D eigenvalue weighted by Crippen LogP contribution is 2.28. The Hall–Kier alpha value is -2.08. The molecule has 0 unspecified atom stereocenters. The Labute approximate surface area is 126 Å². The number of rotatable bonds is 2. The molecule has 1 saturated heterocycles. The van der Waals surface area contributed by atoms with Crippen molar-refractivity contribution < 1.29 is 9.59 Å². The molecule has 0 bridgehead atoms. The van der Waals surface area contributed by atoms with Crippen molar-refractivity contribution in [3.8, 4) is 0 Å². The normalized spacial score (nSPS) is 18.9. The second-order valence-corrected chi connectivity index (χ2v) is 6.00. The molecule has 1 aromatic heterocycles. The van der Waals surface area contributed by atoms with Crippen LogP contribution in [0.3, 0.4) is 0 Å². The van der Waals surface area contributed by atoms with Gasteiger partial charge >= 0.3 is 6.03 Å². The zero-order chi connectivity index (χ0) is 14.7. The highest BCUT2D eigenvalue weighted by atomic mass is 32.1. The molecule has 110 valence electrons. The molecule has 0 saturated carbocycles. The van der Waals surface area contributed by atoms with E-state index in [1.807, 2.05) is 29.6 Å². The number of amides is 3. The standard InChI is InChI=1S/C15H17N3O2S/c19-14-12(5-1-2-8-16-14)18-15(20)17-11-6-3-4-10-7-9-21-13(10)11/h3-4,6-7,9,12H,1-2,5,8H2,(H,16,19)(H2,17,18,20)/t12-/m1/s1. The van der Waals surface area contributed by atoms with Crippen LogP contribution < -0.4 is 16.0 Å². The first kappa shape index (κ1) is 13.9. The quantitative estimate of drug-likeness (QED) is 0.798. The van der Waals surface area contributed by atoms with Gasteiger partial charge in [0.15, 0.2) is 0 Å². The van der Waals surface area contributed by atoms with Gasteiger partial charge in [0.25, 0.3) is 0 Å². The first-order valence-corrected chi connectivity index (χ1v) is 7.93. The molecule has 0 radical (unpaired) electrons. The molecule has 6 heteroatoms. The average molecular weight is 303 g/mol. The maximum absolute atomic E-state index is 12.1. The number of thiophene rings is 1. The van der Waals surface area contributed by atoms with E-state index in [9.17, 15) is 9.59 Å². The maximum Gasteiger partial charge on any atom is 0.319 e. The smallest absolute Gasteiger partial charge is 0.319 e. The number of nitrogens with one attached hydrogen (secondary N) is 3. The van der Waals surface area contributed by atoms with Crippen molar-refractivity contribution in [2.75, 3.05) is 11.9 Å².